The molecule has 0 fully saturated rings. The van der Waals surface area contributed by atoms with E-state index in [1.165, 1.54) is 46.7 Å². The highest BCUT2D eigenvalue weighted by Crippen LogP contribution is 2.31. The molecule has 0 aliphatic heterocycles. The standard InChI is InChI=1S/C17H15FN4O2S3/c1-9(15(19)24)26-17-21-10(8-25-17)6-14(23)22-16-20-7-13(27-16)11-4-2-3-5-12(11)18/h2-5,7-9H,6H2,1H3,(H2,19,24)(H,20,22,23). The van der Waals surface area contributed by atoms with Gasteiger partial charge in [0.1, 0.15) is 5.82 Å². The minimum absolute atomic E-state index is 0.0800. The number of nitrogens with two attached hydrogens (primary N) is 1. The number of nitrogens with one attached hydrogen (secondary N) is 1. The highest BCUT2D eigenvalue weighted by atomic mass is 32.2. The number of aromatic nitrogens is 2. The molecule has 2 amide bonds. The van der Waals surface area contributed by atoms with Gasteiger partial charge in [-0.25, -0.2) is 14.4 Å². The fraction of sp³-hybridized carbons (Fsp3) is 0.176. The molecule has 1 atom stereocenters. The molecule has 0 spiro atoms. The van der Waals surface area contributed by atoms with Crippen LogP contribution < -0.4 is 11.1 Å². The van der Waals surface area contributed by atoms with Crippen LogP contribution in [-0.4, -0.2) is 27.0 Å². The smallest absolute Gasteiger partial charge is 0.232 e. The van der Waals surface area contributed by atoms with E-state index in [1.807, 2.05) is 0 Å². The summed E-state index contributed by atoms with van der Waals surface area (Å²) in [5.41, 5.74) is 6.28. The van der Waals surface area contributed by atoms with Crippen LogP contribution >= 0.6 is 34.4 Å². The first kappa shape index (κ1) is 19.5. The van der Waals surface area contributed by atoms with Gasteiger partial charge in [0.2, 0.25) is 11.8 Å². The van der Waals surface area contributed by atoms with Crippen LogP contribution in [-0.2, 0) is 16.0 Å². The minimum Gasteiger partial charge on any atom is -0.369 e. The monoisotopic (exact) mass is 422 g/mol. The summed E-state index contributed by atoms with van der Waals surface area (Å²) in [5, 5.41) is 4.47. The normalized spacial score (nSPS) is 11.9. The molecular weight excluding hydrogens is 407 g/mol. The summed E-state index contributed by atoms with van der Waals surface area (Å²) >= 11 is 3.82. The predicted molar refractivity (Wildman–Crippen MR) is 106 cm³/mol. The fourth-order valence-corrected chi connectivity index (χ4v) is 4.87. The third-order valence-corrected chi connectivity index (χ3v) is 6.53. The molecule has 0 saturated carbocycles. The van der Waals surface area contributed by atoms with Crippen molar-refractivity contribution in [3.05, 3.63) is 47.4 Å². The number of amides is 2. The number of benzene rings is 1. The summed E-state index contributed by atoms with van der Waals surface area (Å²) < 4.78 is 14.5. The van der Waals surface area contributed by atoms with Crippen molar-refractivity contribution in [2.24, 2.45) is 5.73 Å². The van der Waals surface area contributed by atoms with E-state index in [4.69, 9.17) is 5.73 Å². The van der Waals surface area contributed by atoms with E-state index in [0.717, 1.165) is 0 Å². The molecule has 0 aliphatic rings. The maximum atomic E-state index is 13.8. The Kier molecular flexibility index (Phi) is 6.19. The lowest BCUT2D eigenvalue weighted by Crippen LogP contribution is -2.22. The summed E-state index contributed by atoms with van der Waals surface area (Å²) in [6.07, 6.45) is 1.61. The number of primary amides is 1. The zero-order valence-electron chi connectivity index (χ0n) is 14.1. The van der Waals surface area contributed by atoms with Gasteiger partial charge >= 0.3 is 0 Å². The molecule has 0 saturated heterocycles. The molecule has 3 N–H and O–H groups in total. The zero-order valence-corrected chi connectivity index (χ0v) is 16.6. The zero-order chi connectivity index (χ0) is 19.4. The van der Waals surface area contributed by atoms with E-state index in [2.05, 4.69) is 15.3 Å². The molecule has 6 nitrogen and oxygen atoms in total. The summed E-state index contributed by atoms with van der Waals surface area (Å²) in [6.45, 7) is 1.70. The Bertz CT molecular complexity index is 973. The maximum absolute atomic E-state index is 13.8. The number of hydrogen-bond acceptors (Lipinski definition) is 7. The fourth-order valence-electron chi connectivity index (χ4n) is 2.08. The summed E-state index contributed by atoms with van der Waals surface area (Å²) in [6, 6.07) is 6.40. The molecule has 0 bridgehead atoms. The lowest BCUT2D eigenvalue weighted by Gasteiger charge is -2.02. The van der Waals surface area contributed by atoms with Gasteiger partial charge in [0.15, 0.2) is 9.47 Å². The molecule has 1 aromatic carbocycles. The number of rotatable bonds is 7. The molecule has 2 aromatic heterocycles. The first-order valence-electron chi connectivity index (χ1n) is 7.83. The van der Waals surface area contributed by atoms with Gasteiger partial charge in [-0.2, -0.15) is 0 Å². The van der Waals surface area contributed by atoms with Crippen LogP contribution in [0.3, 0.4) is 0 Å². The van der Waals surface area contributed by atoms with Crippen LogP contribution in [0, 0.1) is 5.82 Å². The van der Waals surface area contributed by atoms with E-state index < -0.39 is 5.91 Å². The van der Waals surface area contributed by atoms with Gasteiger partial charge in [0.05, 0.1) is 22.2 Å². The first-order chi connectivity index (χ1) is 12.9. The topological polar surface area (TPSA) is 98.0 Å². The van der Waals surface area contributed by atoms with E-state index in [-0.39, 0.29) is 23.4 Å². The molecule has 1 unspecified atom stereocenters. The van der Waals surface area contributed by atoms with Crippen molar-refractivity contribution in [2.45, 2.75) is 22.9 Å². The van der Waals surface area contributed by atoms with Crippen molar-refractivity contribution in [1.82, 2.24) is 9.97 Å². The Morgan fingerprint density at radius 1 is 1.37 bits per heavy atom. The number of carbonyl (C=O) groups is 2. The SMILES string of the molecule is CC(Sc1nc(CC(=O)Nc2ncc(-c3ccccc3F)s2)cs1)C(N)=O. The van der Waals surface area contributed by atoms with E-state index >= 15 is 0 Å². The molecule has 3 rings (SSSR count). The molecule has 27 heavy (non-hydrogen) atoms. The van der Waals surface area contributed by atoms with Gasteiger partial charge in [0, 0.05) is 17.1 Å². The van der Waals surface area contributed by atoms with Gasteiger partial charge < -0.3 is 11.1 Å². The molecule has 0 radical (unpaired) electrons. The molecule has 0 aliphatic carbocycles. The van der Waals surface area contributed by atoms with E-state index in [0.29, 0.717) is 25.6 Å². The van der Waals surface area contributed by atoms with Crippen molar-refractivity contribution < 1.29 is 14.0 Å². The second-order valence-corrected chi connectivity index (χ2v) is 8.98. The number of anilines is 1. The van der Waals surface area contributed by atoms with Crippen LogP contribution in [0.15, 0.2) is 40.2 Å². The lowest BCUT2D eigenvalue weighted by molar-refractivity contribution is -0.117. The van der Waals surface area contributed by atoms with E-state index in [1.54, 1.807) is 30.5 Å². The first-order valence-corrected chi connectivity index (χ1v) is 10.4. The third kappa shape index (κ3) is 5.12. The lowest BCUT2D eigenvalue weighted by atomic mass is 10.2. The van der Waals surface area contributed by atoms with Crippen molar-refractivity contribution in [3.8, 4) is 10.4 Å². The number of carbonyl (C=O) groups excluding carboxylic acids is 2. The number of nitrogens with zero attached hydrogens (tertiary/aromatic N) is 2. The number of halogens is 1. The Hall–Kier alpha value is -2.30. The molecule has 140 valence electrons. The van der Waals surface area contributed by atoms with Crippen LogP contribution in [0.2, 0.25) is 0 Å². The van der Waals surface area contributed by atoms with Gasteiger partial charge in [0.25, 0.3) is 0 Å². The predicted octanol–water partition coefficient (Wildman–Crippen LogP) is 3.55. The molecular formula is C17H15FN4O2S3. The summed E-state index contributed by atoms with van der Waals surface area (Å²) in [7, 11) is 0. The Morgan fingerprint density at radius 2 is 2.15 bits per heavy atom. The average molecular weight is 423 g/mol. The van der Waals surface area contributed by atoms with Gasteiger partial charge in [-0.15, -0.1) is 11.3 Å². The Balaban J connectivity index is 1.60. The van der Waals surface area contributed by atoms with Gasteiger partial charge in [-0.3, -0.25) is 9.59 Å². The van der Waals surface area contributed by atoms with Crippen molar-refractivity contribution in [2.75, 3.05) is 5.32 Å². The second kappa shape index (κ2) is 8.59. The summed E-state index contributed by atoms with van der Waals surface area (Å²) in [5.74, 6) is -1.02. The molecule has 2 heterocycles. The number of thioether (sulfide) groups is 1. The van der Waals surface area contributed by atoms with Crippen molar-refractivity contribution >= 4 is 51.4 Å². The number of hydrogen-bond donors (Lipinski definition) is 2. The van der Waals surface area contributed by atoms with Gasteiger partial charge in [-0.05, 0) is 13.0 Å². The Labute approximate surface area is 167 Å². The molecule has 3 aromatic rings. The quantitative estimate of drug-likeness (QED) is 0.568. The van der Waals surface area contributed by atoms with Crippen molar-refractivity contribution in [3.63, 3.8) is 0 Å². The van der Waals surface area contributed by atoms with Crippen LogP contribution in [0.1, 0.15) is 12.6 Å². The van der Waals surface area contributed by atoms with Gasteiger partial charge in [-0.1, -0.05) is 41.3 Å². The van der Waals surface area contributed by atoms with E-state index in [9.17, 15) is 14.0 Å². The molecule has 10 heteroatoms. The van der Waals surface area contributed by atoms with Crippen LogP contribution in [0.5, 0.6) is 0 Å². The third-order valence-electron chi connectivity index (χ3n) is 3.44. The second-order valence-electron chi connectivity index (χ2n) is 5.50. The largest absolute Gasteiger partial charge is 0.369 e. The average Bonchev–Trinajstić information content (AvgIpc) is 3.25. The van der Waals surface area contributed by atoms with Crippen molar-refractivity contribution in [1.29, 1.82) is 0 Å². The highest BCUT2D eigenvalue weighted by Gasteiger charge is 2.15. The van der Waals surface area contributed by atoms with Crippen LogP contribution in [0.25, 0.3) is 10.4 Å². The van der Waals surface area contributed by atoms with Crippen LogP contribution in [0.4, 0.5) is 9.52 Å². The minimum atomic E-state index is -0.413. The maximum Gasteiger partial charge on any atom is 0.232 e. The Morgan fingerprint density at radius 3 is 2.89 bits per heavy atom. The highest BCUT2D eigenvalue weighted by molar-refractivity contribution is 8.02. The number of thiazole rings is 2. The summed E-state index contributed by atoms with van der Waals surface area (Å²) in [4.78, 5) is 32.4.